The average Bonchev–Trinajstić information content (AvgIpc) is 2.44. The maximum absolute atomic E-state index is 11.9. The summed E-state index contributed by atoms with van der Waals surface area (Å²) in [6.45, 7) is 1.78. The number of hydrogen-bond acceptors (Lipinski definition) is 5. The van der Waals surface area contributed by atoms with E-state index in [9.17, 15) is 13.2 Å². The summed E-state index contributed by atoms with van der Waals surface area (Å²) in [7, 11) is -2.37. The standard InChI is InChI=1S/C12H17NO5S/c1-9(8-14)7-13-19(16,17)11-5-3-10(4-6-11)12(15)18-2/h3-6,9,13-14H,7-8H2,1-2H3. The normalized spacial score (nSPS) is 13.0. The number of benzene rings is 1. The van der Waals surface area contributed by atoms with Gasteiger partial charge in [0.15, 0.2) is 0 Å². The highest BCUT2D eigenvalue weighted by Gasteiger charge is 2.15. The first-order valence-electron chi connectivity index (χ1n) is 5.69. The van der Waals surface area contributed by atoms with Gasteiger partial charge in [0, 0.05) is 13.2 Å². The van der Waals surface area contributed by atoms with Crippen LogP contribution in [0.15, 0.2) is 29.2 Å². The molecule has 0 bridgehead atoms. The lowest BCUT2D eigenvalue weighted by Crippen LogP contribution is -2.29. The fraction of sp³-hybridized carbons (Fsp3) is 0.417. The molecule has 7 heteroatoms. The zero-order valence-electron chi connectivity index (χ0n) is 10.8. The number of aliphatic hydroxyl groups is 1. The molecule has 1 aromatic carbocycles. The summed E-state index contributed by atoms with van der Waals surface area (Å²) in [6.07, 6.45) is 0. The molecular formula is C12H17NO5S. The smallest absolute Gasteiger partial charge is 0.337 e. The summed E-state index contributed by atoms with van der Waals surface area (Å²) in [5.74, 6) is -0.685. The molecule has 2 N–H and O–H groups in total. The molecule has 106 valence electrons. The second kappa shape index (κ2) is 6.65. The van der Waals surface area contributed by atoms with E-state index in [1.54, 1.807) is 6.92 Å². The van der Waals surface area contributed by atoms with Crippen molar-refractivity contribution in [3.05, 3.63) is 29.8 Å². The van der Waals surface area contributed by atoms with Crippen molar-refractivity contribution in [2.75, 3.05) is 20.3 Å². The fourth-order valence-electron chi connectivity index (χ4n) is 1.29. The Kier molecular flexibility index (Phi) is 5.46. The molecule has 0 heterocycles. The van der Waals surface area contributed by atoms with Crippen LogP contribution in [0.5, 0.6) is 0 Å². The van der Waals surface area contributed by atoms with Gasteiger partial charge in [0.05, 0.1) is 17.6 Å². The maximum Gasteiger partial charge on any atom is 0.337 e. The molecule has 1 rings (SSSR count). The molecule has 0 saturated carbocycles. The van der Waals surface area contributed by atoms with Gasteiger partial charge < -0.3 is 9.84 Å². The lowest BCUT2D eigenvalue weighted by atomic mass is 10.2. The van der Waals surface area contributed by atoms with Crippen molar-refractivity contribution in [3.8, 4) is 0 Å². The maximum atomic E-state index is 11.9. The van der Waals surface area contributed by atoms with Gasteiger partial charge in [-0.05, 0) is 30.2 Å². The molecule has 0 saturated heterocycles. The first-order valence-corrected chi connectivity index (χ1v) is 7.18. The highest BCUT2D eigenvalue weighted by molar-refractivity contribution is 7.89. The van der Waals surface area contributed by atoms with Crippen LogP contribution in [0.4, 0.5) is 0 Å². The van der Waals surface area contributed by atoms with Crippen LogP contribution in [0, 0.1) is 5.92 Å². The molecule has 0 aliphatic heterocycles. The van der Waals surface area contributed by atoms with E-state index < -0.39 is 16.0 Å². The zero-order chi connectivity index (χ0) is 14.5. The zero-order valence-corrected chi connectivity index (χ0v) is 11.6. The van der Waals surface area contributed by atoms with Crippen molar-refractivity contribution in [2.45, 2.75) is 11.8 Å². The van der Waals surface area contributed by atoms with Gasteiger partial charge in [0.1, 0.15) is 0 Å². The van der Waals surface area contributed by atoms with E-state index in [-0.39, 0.29) is 29.5 Å². The number of rotatable bonds is 6. The highest BCUT2D eigenvalue weighted by atomic mass is 32.2. The summed E-state index contributed by atoms with van der Waals surface area (Å²) in [5, 5.41) is 8.84. The summed E-state index contributed by atoms with van der Waals surface area (Å²) in [4.78, 5) is 11.3. The van der Waals surface area contributed by atoms with E-state index in [4.69, 9.17) is 5.11 Å². The minimum Gasteiger partial charge on any atom is -0.465 e. The van der Waals surface area contributed by atoms with Gasteiger partial charge in [-0.1, -0.05) is 6.92 Å². The predicted molar refractivity (Wildman–Crippen MR) is 69.2 cm³/mol. The Balaban J connectivity index is 2.82. The Morgan fingerprint density at radius 1 is 1.37 bits per heavy atom. The van der Waals surface area contributed by atoms with Gasteiger partial charge in [-0.25, -0.2) is 17.9 Å². The molecule has 1 atom stereocenters. The van der Waals surface area contributed by atoms with E-state index >= 15 is 0 Å². The lowest BCUT2D eigenvalue weighted by Gasteiger charge is -2.10. The van der Waals surface area contributed by atoms with Gasteiger partial charge in [0.25, 0.3) is 0 Å². The largest absolute Gasteiger partial charge is 0.465 e. The molecule has 0 aliphatic rings. The minimum absolute atomic E-state index is 0.0605. The van der Waals surface area contributed by atoms with E-state index in [2.05, 4.69) is 9.46 Å². The SMILES string of the molecule is COC(=O)c1ccc(S(=O)(=O)NCC(C)CO)cc1. The Labute approximate surface area is 112 Å². The van der Waals surface area contributed by atoms with Crippen LogP contribution in [0.1, 0.15) is 17.3 Å². The number of nitrogens with one attached hydrogen (secondary N) is 1. The number of esters is 1. The van der Waals surface area contributed by atoms with Crippen LogP contribution in [-0.4, -0.2) is 39.8 Å². The molecule has 6 nitrogen and oxygen atoms in total. The van der Waals surface area contributed by atoms with Crippen molar-refractivity contribution < 1.29 is 23.1 Å². The second-order valence-electron chi connectivity index (χ2n) is 4.16. The molecule has 0 spiro atoms. The third-order valence-corrected chi connectivity index (χ3v) is 3.96. The third kappa shape index (κ3) is 4.30. The lowest BCUT2D eigenvalue weighted by molar-refractivity contribution is 0.0600. The van der Waals surface area contributed by atoms with Crippen LogP contribution in [0.2, 0.25) is 0 Å². The van der Waals surface area contributed by atoms with E-state index in [1.807, 2.05) is 0 Å². The first kappa shape index (κ1) is 15.6. The Hall–Kier alpha value is -1.44. The number of carbonyl (C=O) groups excluding carboxylic acids is 1. The van der Waals surface area contributed by atoms with Crippen LogP contribution < -0.4 is 4.72 Å². The third-order valence-electron chi connectivity index (χ3n) is 2.52. The van der Waals surface area contributed by atoms with E-state index in [1.165, 1.54) is 31.4 Å². The van der Waals surface area contributed by atoms with Crippen LogP contribution in [0.25, 0.3) is 0 Å². The van der Waals surface area contributed by atoms with Crippen molar-refractivity contribution in [2.24, 2.45) is 5.92 Å². The highest BCUT2D eigenvalue weighted by Crippen LogP contribution is 2.11. The van der Waals surface area contributed by atoms with Gasteiger partial charge in [-0.3, -0.25) is 0 Å². The van der Waals surface area contributed by atoms with Gasteiger partial charge >= 0.3 is 5.97 Å². The van der Waals surface area contributed by atoms with Crippen LogP contribution in [-0.2, 0) is 14.8 Å². The summed E-state index contributed by atoms with van der Waals surface area (Å²) in [5.41, 5.74) is 0.283. The first-order chi connectivity index (χ1) is 8.90. The summed E-state index contributed by atoms with van der Waals surface area (Å²) < 4.78 is 30.7. The number of aliphatic hydroxyl groups excluding tert-OH is 1. The van der Waals surface area contributed by atoms with Crippen molar-refractivity contribution in [3.63, 3.8) is 0 Å². The van der Waals surface area contributed by atoms with Crippen LogP contribution >= 0.6 is 0 Å². The minimum atomic E-state index is -3.63. The van der Waals surface area contributed by atoms with E-state index in [0.717, 1.165) is 0 Å². The molecular weight excluding hydrogens is 270 g/mol. The Bertz CT molecular complexity index is 524. The van der Waals surface area contributed by atoms with Gasteiger partial charge in [0.2, 0.25) is 10.0 Å². The molecule has 0 amide bonds. The number of methoxy groups -OCH3 is 1. The van der Waals surface area contributed by atoms with Crippen molar-refractivity contribution in [1.29, 1.82) is 0 Å². The molecule has 1 unspecified atom stereocenters. The molecule has 0 aliphatic carbocycles. The van der Waals surface area contributed by atoms with Crippen LogP contribution in [0.3, 0.4) is 0 Å². The number of sulfonamides is 1. The summed E-state index contributed by atoms with van der Waals surface area (Å²) >= 11 is 0. The summed E-state index contributed by atoms with van der Waals surface area (Å²) in [6, 6.07) is 5.43. The molecule has 0 aromatic heterocycles. The van der Waals surface area contributed by atoms with Crippen molar-refractivity contribution >= 4 is 16.0 Å². The molecule has 1 aromatic rings. The molecule has 19 heavy (non-hydrogen) atoms. The average molecular weight is 287 g/mol. The fourth-order valence-corrected chi connectivity index (χ4v) is 2.45. The van der Waals surface area contributed by atoms with Crippen molar-refractivity contribution in [1.82, 2.24) is 4.72 Å². The number of hydrogen-bond donors (Lipinski definition) is 2. The Morgan fingerprint density at radius 3 is 2.42 bits per heavy atom. The Morgan fingerprint density at radius 2 is 1.95 bits per heavy atom. The topological polar surface area (TPSA) is 92.7 Å². The molecule has 0 radical (unpaired) electrons. The van der Waals surface area contributed by atoms with Gasteiger partial charge in [-0.2, -0.15) is 0 Å². The van der Waals surface area contributed by atoms with E-state index in [0.29, 0.717) is 0 Å². The monoisotopic (exact) mass is 287 g/mol. The number of carbonyl (C=O) groups is 1. The number of ether oxygens (including phenoxy) is 1. The predicted octanol–water partition coefficient (Wildman–Crippen LogP) is 0.380. The second-order valence-corrected chi connectivity index (χ2v) is 5.92. The van der Waals surface area contributed by atoms with Gasteiger partial charge in [-0.15, -0.1) is 0 Å². The molecule has 0 fully saturated rings. The quantitative estimate of drug-likeness (QED) is 0.738.